The molecule has 0 saturated carbocycles. The summed E-state index contributed by atoms with van der Waals surface area (Å²) in [5.41, 5.74) is 1.12. The van der Waals surface area contributed by atoms with Crippen LogP contribution in [0.25, 0.3) is 0 Å². The Hall–Kier alpha value is -1.52. The largest absolute Gasteiger partial charge is 0.497 e. The number of unbranched alkanes of at least 4 members (excludes halogenated alkanes) is 1. The molecular formula is C17H28NO3+. The van der Waals surface area contributed by atoms with Gasteiger partial charge in [0.05, 0.1) is 33.4 Å². The minimum absolute atomic E-state index is 0.745. The number of benzene rings is 1. The number of allylic oxidation sites excluding steroid dienone is 1. The van der Waals surface area contributed by atoms with Crippen LogP contribution in [0.1, 0.15) is 18.4 Å². The van der Waals surface area contributed by atoms with Crippen LogP contribution < -0.4 is 14.8 Å². The third kappa shape index (κ3) is 7.16. The number of hydrogen-bond acceptors (Lipinski definition) is 3. The summed E-state index contributed by atoms with van der Waals surface area (Å²) in [6, 6.07) is 5.92. The van der Waals surface area contributed by atoms with E-state index in [1.807, 2.05) is 24.3 Å². The molecule has 0 amide bonds. The van der Waals surface area contributed by atoms with Crippen LogP contribution in [0.4, 0.5) is 0 Å². The zero-order valence-corrected chi connectivity index (χ0v) is 13.3. The Balaban J connectivity index is 2.29. The lowest BCUT2D eigenvalue weighted by molar-refractivity contribution is -0.656. The van der Waals surface area contributed by atoms with Gasteiger partial charge >= 0.3 is 0 Å². The zero-order chi connectivity index (χ0) is 15.3. The molecular weight excluding hydrogens is 266 g/mol. The van der Waals surface area contributed by atoms with E-state index in [2.05, 4.69) is 11.9 Å². The standard InChI is InChI=1S/C17H27NO3/c1-4-7-15-14-16(20-3)8-9-17(15)21-12-6-5-10-18-11-13-19-2/h4,8-9,14,18H,1,5-7,10-13H2,2-3H3/p+1. The van der Waals surface area contributed by atoms with Gasteiger partial charge in [0.25, 0.3) is 0 Å². The third-order valence-corrected chi connectivity index (χ3v) is 3.22. The molecule has 0 bridgehead atoms. The number of nitrogens with two attached hydrogens (primary N) is 1. The van der Waals surface area contributed by atoms with Gasteiger partial charge in [0.2, 0.25) is 0 Å². The molecule has 21 heavy (non-hydrogen) atoms. The minimum Gasteiger partial charge on any atom is -0.497 e. The predicted octanol–water partition coefficient (Wildman–Crippen LogP) is 1.79. The number of quaternary nitrogens is 1. The van der Waals surface area contributed by atoms with Gasteiger partial charge < -0.3 is 19.5 Å². The fraction of sp³-hybridized carbons (Fsp3) is 0.529. The third-order valence-electron chi connectivity index (χ3n) is 3.22. The van der Waals surface area contributed by atoms with Crippen LogP contribution in [0, 0.1) is 0 Å². The maximum absolute atomic E-state index is 5.87. The van der Waals surface area contributed by atoms with Gasteiger partial charge in [-0.3, -0.25) is 0 Å². The van der Waals surface area contributed by atoms with Gasteiger partial charge in [-0.25, -0.2) is 0 Å². The molecule has 0 atom stereocenters. The van der Waals surface area contributed by atoms with Crippen LogP contribution in [0.2, 0.25) is 0 Å². The van der Waals surface area contributed by atoms with Gasteiger partial charge in [0.15, 0.2) is 0 Å². The second-order valence-electron chi connectivity index (χ2n) is 4.88. The zero-order valence-electron chi connectivity index (χ0n) is 13.3. The second kappa shape index (κ2) is 11.2. The SMILES string of the molecule is C=CCc1cc(OC)ccc1OCCCC[NH2+]CCOC. The van der Waals surface area contributed by atoms with E-state index < -0.39 is 0 Å². The van der Waals surface area contributed by atoms with Crippen molar-refractivity contribution in [3.63, 3.8) is 0 Å². The van der Waals surface area contributed by atoms with Crippen molar-refractivity contribution in [2.75, 3.05) is 40.5 Å². The van der Waals surface area contributed by atoms with E-state index in [-0.39, 0.29) is 0 Å². The van der Waals surface area contributed by atoms with Gasteiger partial charge in [-0.1, -0.05) is 6.08 Å². The fourth-order valence-electron chi connectivity index (χ4n) is 2.06. The van der Waals surface area contributed by atoms with Crippen LogP contribution in [0.15, 0.2) is 30.9 Å². The molecule has 0 heterocycles. The maximum Gasteiger partial charge on any atom is 0.123 e. The molecule has 2 N–H and O–H groups in total. The molecule has 118 valence electrons. The van der Waals surface area contributed by atoms with Crippen LogP contribution in [0.3, 0.4) is 0 Å². The quantitative estimate of drug-likeness (QED) is 0.472. The molecule has 0 aliphatic rings. The van der Waals surface area contributed by atoms with Crippen molar-refractivity contribution in [1.29, 1.82) is 0 Å². The lowest BCUT2D eigenvalue weighted by Gasteiger charge is -2.12. The van der Waals surface area contributed by atoms with E-state index in [0.29, 0.717) is 0 Å². The molecule has 4 heteroatoms. The number of ether oxygens (including phenoxy) is 3. The van der Waals surface area contributed by atoms with Gasteiger partial charge in [0, 0.05) is 12.7 Å². The minimum atomic E-state index is 0.745. The monoisotopic (exact) mass is 294 g/mol. The summed E-state index contributed by atoms with van der Waals surface area (Å²) in [6.45, 7) is 7.49. The highest BCUT2D eigenvalue weighted by Gasteiger charge is 2.04. The van der Waals surface area contributed by atoms with E-state index in [9.17, 15) is 0 Å². The average Bonchev–Trinajstić information content (AvgIpc) is 2.51. The van der Waals surface area contributed by atoms with Gasteiger partial charge in [-0.05, 0) is 37.5 Å². The smallest absolute Gasteiger partial charge is 0.123 e. The van der Waals surface area contributed by atoms with E-state index in [1.165, 1.54) is 0 Å². The first-order valence-corrected chi connectivity index (χ1v) is 7.53. The highest BCUT2D eigenvalue weighted by Crippen LogP contribution is 2.25. The number of hydrogen-bond donors (Lipinski definition) is 1. The Morgan fingerprint density at radius 1 is 1.14 bits per heavy atom. The summed E-state index contributed by atoms with van der Waals surface area (Å²) < 4.78 is 16.1. The number of methoxy groups -OCH3 is 2. The Bertz CT molecular complexity index is 407. The Kier molecular flexibility index (Phi) is 9.33. The first kappa shape index (κ1) is 17.5. The molecule has 0 aromatic heterocycles. The first-order valence-electron chi connectivity index (χ1n) is 7.53. The van der Waals surface area contributed by atoms with Gasteiger partial charge in [0.1, 0.15) is 11.5 Å². The number of rotatable bonds is 12. The van der Waals surface area contributed by atoms with Crippen LogP contribution >= 0.6 is 0 Å². The van der Waals surface area contributed by atoms with Gasteiger partial charge in [-0.2, -0.15) is 0 Å². The highest BCUT2D eigenvalue weighted by atomic mass is 16.5. The van der Waals surface area contributed by atoms with Crippen molar-refractivity contribution in [2.45, 2.75) is 19.3 Å². The molecule has 0 saturated heterocycles. The van der Waals surface area contributed by atoms with Crippen LogP contribution in [-0.2, 0) is 11.2 Å². The van der Waals surface area contributed by atoms with Gasteiger partial charge in [-0.15, -0.1) is 6.58 Å². The van der Waals surface area contributed by atoms with E-state index in [0.717, 1.165) is 62.6 Å². The van der Waals surface area contributed by atoms with Crippen LogP contribution in [0.5, 0.6) is 11.5 Å². The topological polar surface area (TPSA) is 44.3 Å². The van der Waals surface area contributed by atoms with E-state index >= 15 is 0 Å². The summed E-state index contributed by atoms with van der Waals surface area (Å²) in [5.74, 6) is 1.78. The van der Waals surface area contributed by atoms with E-state index in [1.54, 1.807) is 14.2 Å². The Morgan fingerprint density at radius 2 is 2.00 bits per heavy atom. The summed E-state index contributed by atoms with van der Waals surface area (Å²) in [4.78, 5) is 0. The molecule has 0 aliphatic carbocycles. The molecule has 1 aromatic carbocycles. The molecule has 1 aromatic rings. The van der Waals surface area contributed by atoms with Crippen molar-refractivity contribution < 1.29 is 19.5 Å². The molecule has 0 spiro atoms. The lowest BCUT2D eigenvalue weighted by Crippen LogP contribution is -2.85. The molecule has 0 fully saturated rings. The Morgan fingerprint density at radius 3 is 2.71 bits per heavy atom. The van der Waals surface area contributed by atoms with E-state index in [4.69, 9.17) is 14.2 Å². The second-order valence-corrected chi connectivity index (χ2v) is 4.88. The summed E-state index contributed by atoms with van der Waals surface area (Å²) in [7, 11) is 3.41. The summed E-state index contributed by atoms with van der Waals surface area (Å²) >= 11 is 0. The molecule has 4 nitrogen and oxygen atoms in total. The highest BCUT2D eigenvalue weighted by molar-refractivity contribution is 5.41. The van der Waals surface area contributed by atoms with Crippen molar-refractivity contribution >= 4 is 0 Å². The molecule has 1 rings (SSSR count). The van der Waals surface area contributed by atoms with Crippen LogP contribution in [-0.4, -0.2) is 40.5 Å². The summed E-state index contributed by atoms with van der Waals surface area (Å²) in [6.07, 6.45) is 4.88. The van der Waals surface area contributed by atoms with Crippen molar-refractivity contribution in [1.82, 2.24) is 0 Å². The molecule has 0 aliphatic heterocycles. The fourth-order valence-corrected chi connectivity index (χ4v) is 2.06. The van der Waals surface area contributed by atoms with Crippen molar-refractivity contribution in [2.24, 2.45) is 0 Å². The maximum atomic E-state index is 5.87. The Labute approximate surface area is 128 Å². The lowest BCUT2D eigenvalue weighted by atomic mass is 10.1. The molecule has 0 radical (unpaired) electrons. The van der Waals surface area contributed by atoms with Crippen molar-refractivity contribution in [3.05, 3.63) is 36.4 Å². The molecule has 0 unspecified atom stereocenters. The first-order chi connectivity index (χ1) is 10.3. The predicted molar refractivity (Wildman–Crippen MR) is 85.2 cm³/mol. The van der Waals surface area contributed by atoms with Crippen molar-refractivity contribution in [3.8, 4) is 11.5 Å². The average molecular weight is 294 g/mol. The normalized spacial score (nSPS) is 10.4. The summed E-state index contributed by atoms with van der Waals surface area (Å²) in [5, 5.41) is 2.28.